The number of hydrogen-bond acceptors (Lipinski definition) is 4. The SMILES string of the molecule is COc1cc(Br)cc(CC(=O)OC(C)(C)C)c1C(C)(C)CCO[Si](C)(C)C(C)(C)C. The fourth-order valence-corrected chi connectivity index (χ4v) is 4.67. The average Bonchev–Trinajstić information content (AvgIpc) is 2.50. The molecule has 172 valence electrons. The predicted molar refractivity (Wildman–Crippen MR) is 131 cm³/mol. The molecule has 0 bridgehead atoms. The second-order valence-corrected chi connectivity index (χ2v) is 16.9. The van der Waals surface area contributed by atoms with Crippen LogP contribution in [0.4, 0.5) is 0 Å². The molecule has 0 aliphatic rings. The number of benzene rings is 1. The standard InChI is InChI=1S/C24H41BrO4Si/c1-22(2,3)29-20(26)15-17-14-18(25)16-19(27-9)21(17)24(7,8)12-13-28-30(10,11)23(4,5)6/h14,16H,12-13,15H2,1-11H3. The summed E-state index contributed by atoms with van der Waals surface area (Å²) in [5.74, 6) is 0.539. The highest BCUT2D eigenvalue weighted by atomic mass is 79.9. The van der Waals surface area contributed by atoms with E-state index in [-0.39, 0.29) is 22.8 Å². The maximum atomic E-state index is 12.6. The largest absolute Gasteiger partial charge is 0.496 e. The monoisotopic (exact) mass is 500 g/mol. The summed E-state index contributed by atoms with van der Waals surface area (Å²) < 4.78 is 18.6. The van der Waals surface area contributed by atoms with E-state index in [1.165, 1.54) is 0 Å². The van der Waals surface area contributed by atoms with Gasteiger partial charge in [-0.1, -0.05) is 50.5 Å². The third kappa shape index (κ3) is 7.68. The molecule has 0 radical (unpaired) electrons. The molecule has 0 aliphatic heterocycles. The zero-order valence-electron chi connectivity index (χ0n) is 20.8. The molecule has 0 aliphatic carbocycles. The molecule has 0 aromatic heterocycles. The zero-order chi connectivity index (χ0) is 23.5. The highest BCUT2D eigenvalue weighted by Crippen LogP contribution is 2.41. The Labute approximate surface area is 193 Å². The Balaban J connectivity index is 3.19. The van der Waals surface area contributed by atoms with Crippen LogP contribution in [-0.2, 0) is 25.8 Å². The molecular weight excluding hydrogens is 460 g/mol. The van der Waals surface area contributed by atoms with Gasteiger partial charge in [-0.3, -0.25) is 4.79 Å². The number of halogens is 1. The molecule has 1 aromatic carbocycles. The van der Waals surface area contributed by atoms with Crippen molar-refractivity contribution in [2.75, 3.05) is 13.7 Å². The molecular formula is C24H41BrO4Si. The molecule has 0 heterocycles. The normalized spacial score (nSPS) is 13.3. The van der Waals surface area contributed by atoms with Crippen molar-refractivity contribution in [2.24, 2.45) is 0 Å². The summed E-state index contributed by atoms with van der Waals surface area (Å²) in [5, 5.41) is 0.175. The first-order valence-electron chi connectivity index (χ1n) is 10.6. The minimum Gasteiger partial charge on any atom is -0.496 e. The molecule has 0 spiro atoms. The lowest BCUT2D eigenvalue weighted by Crippen LogP contribution is -2.41. The fourth-order valence-electron chi connectivity index (χ4n) is 3.14. The van der Waals surface area contributed by atoms with Gasteiger partial charge in [-0.15, -0.1) is 0 Å². The number of ether oxygens (including phenoxy) is 2. The van der Waals surface area contributed by atoms with Gasteiger partial charge in [0, 0.05) is 16.6 Å². The van der Waals surface area contributed by atoms with Crippen LogP contribution in [-0.4, -0.2) is 33.6 Å². The van der Waals surface area contributed by atoms with Crippen LogP contribution in [0.15, 0.2) is 16.6 Å². The van der Waals surface area contributed by atoms with Gasteiger partial charge in [-0.05, 0) is 68.4 Å². The third-order valence-electron chi connectivity index (χ3n) is 5.80. The molecule has 0 unspecified atom stereocenters. The van der Waals surface area contributed by atoms with Gasteiger partial charge in [0.05, 0.1) is 13.5 Å². The zero-order valence-corrected chi connectivity index (χ0v) is 23.4. The molecule has 0 saturated heterocycles. The first-order valence-corrected chi connectivity index (χ1v) is 14.3. The molecule has 4 nitrogen and oxygen atoms in total. The number of methoxy groups -OCH3 is 1. The van der Waals surface area contributed by atoms with Crippen LogP contribution in [0.25, 0.3) is 0 Å². The van der Waals surface area contributed by atoms with Gasteiger partial charge in [0.15, 0.2) is 8.32 Å². The molecule has 1 aromatic rings. The van der Waals surface area contributed by atoms with Crippen LogP contribution in [0, 0.1) is 0 Å². The predicted octanol–water partition coefficient (Wildman–Crippen LogP) is 7.03. The fraction of sp³-hybridized carbons (Fsp3) is 0.708. The number of rotatable bonds is 8. The van der Waals surface area contributed by atoms with Crippen LogP contribution in [0.3, 0.4) is 0 Å². The Morgan fingerprint density at radius 3 is 2.07 bits per heavy atom. The average molecular weight is 502 g/mol. The molecule has 0 N–H and O–H groups in total. The van der Waals surface area contributed by atoms with Gasteiger partial charge >= 0.3 is 5.97 Å². The molecule has 0 atom stereocenters. The van der Waals surface area contributed by atoms with Crippen molar-refractivity contribution < 1.29 is 18.7 Å². The van der Waals surface area contributed by atoms with E-state index in [2.05, 4.69) is 63.6 Å². The number of hydrogen-bond donors (Lipinski definition) is 0. The molecule has 30 heavy (non-hydrogen) atoms. The Morgan fingerprint density at radius 1 is 1.03 bits per heavy atom. The van der Waals surface area contributed by atoms with Gasteiger partial charge in [-0.25, -0.2) is 0 Å². The van der Waals surface area contributed by atoms with Crippen molar-refractivity contribution in [3.63, 3.8) is 0 Å². The van der Waals surface area contributed by atoms with E-state index in [4.69, 9.17) is 13.9 Å². The lowest BCUT2D eigenvalue weighted by molar-refractivity contribution is -0.153. The highest BCUT2D eigenvalue weighted by Gasteiger charge is 2.38. The maximum absolute atomic E-state index is 12.6. The summed E-state index contributed by atoms with van der Waals surface area (Å²) in [6.07, 6.45) is 1.04. The summed E-state index contributed by atoms with van der Waals surface area (Å²) in [6, 6.07) is 3.96. The second-order valence-electron chi connectivity index (χ2n) is 11.1. The first kappa shape index (κ1) is 27.2. The lowest BCUT2D eigenvalue weighted by Gasteiger charge is -2.37. The molecule has 0 amide bonds. The number of carbonyl (C=O) groups excluding carboxylic acids is 1. The molecule has 0 saturated carbocycles. The Morgan fingerprint density at radius 2 is 1.60 bits per heavy atom. The summed E-state index contributed by atoms with van der Waals surface area (Å²) in [6.45, 7) is 22.0. The van der Waals surface area contributed by atoms with E-state index in [1.54, 1.807) is 7.11 Å². The van der Waals surface area contributed by atoms with Crippen molar-refractivity contribution >= 4 is 30.2 Å². The van der Waals surface area contributed by atoms with Gasteiger partial charge in [0.2, 0.25) is 0 Å². The van der Waals surface area contributed by atoms with E-state index in [0.717, 1.165) is 27.8 Å². The third-order valence-corrected chi connectivity index (χ3v) is 10.8. The second kappa shape index (κ2) is 9.74. The van der Waals surface area contributed by atoms with Crippen LogP contribution in [0.1, 0.15) is 72.9 Å². The summed E-state index contributed by atoms with van der Waals surface area (Å²) >= 11 is 3.56. The quantitative estimate of drug-likeness (QED) is 0.283. The first-order chi connectivity index (χ1) is 13.4. The van der Waals surface area contributed by atoms with E-state index < -0.39 is 13.9 Å². The van der Waals surface area contributed by atoms with E-state index in [1.807, 2.05) is 32.9 Å². The van der Waals surface area contributed by atoms with E-state index in [0.29, 0.717) is 6.61 Å². The van der Waals surface area contributed by atoms with Crippen LogP contribution in [0.5, 0.6) is 5.75 Å². The summed E-state index contributed by atoms with van der Waals surface area (Å²) in [7, 11) is -0.145. The van der Waals surface area contributed by atoms with Gasteiger partial charge in [-0.2, -0.15) is 0 Å². The topological polar surface area (TPSA) is 44.8 Å². The Bertz CT molecular complexity index is 743. The number of esters is 1. The van der Waals surface area contributed by atoms with Gasteiger partial charge in [0.25, 0.3) is 0 Å². The lowest BCUT2D eigenvalue weighted by atomic mass is 9.78. The van der Waals surface area contributed by atoms with Crippen molar-refractivity contribution in [1.29, 1.82) is 0 Å². The molecule has 0 fully saturated rings. The van der Waals surface area contributed by atoms with Crippen molar-refractivity contribution in [2.45, 2.75) is 97.4 Å². The van der Waals surface area contributed by atoms with Gasteiger partial charge < -0.3 is 13.9 Å². The van der Waals surface area contributed by atoms with E-state index >= 15 is 0 Å². The van der Waals surface area contributed by atoms with E-state index in [9.17, 15) is 4.79 Å². The van der Waals surface area contributed by atoms with Crippen LogP contribution < -0.4 is 4.74 Å². The smallest absolute Gasteiger partial charge is 0.310 e. The number of carbonyl (C=O) groups is 1. The Kier molecular flexibility index (Phi) is 8.83. The van der Waals surface area contributed by atoms with Crippen LogP contribution >= 0.6 is 15.9 Å². The maximum Gasteiger partial charge on any atom is 0.310 e. The summed E-state index contributed by atoms with van der Waals surface area (Å²) in [4.78, 5) is 12.6. The van der Waals surface area contributed by atoms with Crippen molar-refractivity contribution in [3.05, 3.63) is 27.7 Å². The van der Waals surface area contributed by atoms with Crippen LogP contribution in [0.2, 0.25) is 18.1 Å². The molecule has 1 rings (SSSR count). The minimum atomic E-state index is -1.82. The highest BCUT2D eigenvalue weighted by molar-refractivity contribution is 9.10. The van der Waals surface area contributed by atoms with Crippen molar-refractivity contribution in [3.8, 4) is 5.75 Å². The molecule has 6 heteroatoms. The summed E-state index contributed by atoms with van der Waals surface area (Å²) in [5.41, 5.74) is 1.22. The van der Waals surface area contributed by atoms with Gasteiger partial charge in [0.1, 0.15) is 11.4 Å². The van der Waals surface area contributed by atoms with Crippen molar-refractivity contribution in [1.82, 2.24) is 0 Å². The minimum absolute atomic E-state index is 0.175. The Hall–Kier alpha value is -0.853.